The molecule has 1 saturated carbocycles. The molecule has 2 aliphatic rings. The van der Waals surface area contributed by atoms with Crippen molar-refractivity contribution in [1.82, 2.24) is 15.0 Å². The molecular weight excluding hydrogens is 298 g/mol. The van der Waals surface area contributed by atoms with E-state index in [4.69, 9.17) is 4.52 Å². The van der Waals surface area contributed by atoms with Crippen molar-refractivity contribution in [3.63, 3.8) is 0 Å². The predicted octanol–water partition coefficient (Wildman–Crippen LogP) is 1.98. The van der Waals surface area contributed by atoms with Crippen molar-refractivity contribution in [2.45, 2.75) is 57.8 Å². The van der Waals surface area contributed by atoms with Crippen LogP contribution in [0.4, 0.5) is 0 Å². The van der Waals surface area contributed by atoms with E-state index < -0.39 is 11.4 Å². The van der Waals surface area contributed by atoms with E-state index in [-0.39, 0.29) is 18.9 Å². The van der Waals surface area contributed by atoms with Crippen LogP contribution in [0.15, 0.2) is 4.52 Å². The maximum absolute atomic E-state index is 12.2. The Morgan fingerprint density at radius 1 is 1.39 bits per heavy atom. The van der Waals surface area contributed by atoms with E-state index >= 15 is 0 Å². The number of likely N-dealkylation sites (tertiary alicyclic amines) is 1. The zero-order chi connectivity index (χ0) is 16.4. The van der Waals surface area contributed by atoms with Gasteiger partial charge in [-0.2, -0.15) is 4.98 Å². The van der Waals surface area contributed by atoms with Crippen molar-refractivity contribution in [3.8, 4) is 0 Å². The van der Waals surface area contributed by atoms with E-state index in [2.05, 4.69) is 10.1 Å². The smallest absolute Gasteiger partial charge is 0.311 e. The number of hydrogen-bond donors (Lipinski definition) is 1. The minimum absolute atomic E-state index is 0.0457. The summed E-state index contributed by atoms with van der Waals surface area (Å²) < 4.78 is 5.24. The van der Waals surface area contributed by atoms with E-state index in [1.54, 1.807) is 11.8 Å². The highest BCUT2D eigenvalue weighted by molar-refractivity contribution is 5.80. The van der Waals surface area contributed by atoms with Crippen molar-refractivity contribution >= 4 is 11.9 Å². The van der Waals surface area contributed by atoms with Crippen molar-refractivity contribution in [2.75, 3.05) is 13.1 Å². The predicted molar refractivity (Wildman–Crippen MR) is 80.8 cm³/mol. The highest BCUT2D eigenvalue weighted by Crippen LogP contribution is 2.32. The van der Waals surface area contributed by atoms with Crippen LogP contribution in [-0.4, -0.2) is 45.1 Å². The first-order valence-electron chi connectivity index (χ1n) is 8.31. The maximum Gasteiger partial charge on any atom is 0.311 e. The number of hydrogen-bond acceptors (Lipinski definition) is 5. The SMILES string of the molecule is C[C@@]1(C(=O)O)CCN(C(=O)CCc2nc(C3CCCC3)no2)C1. The molecule has 0 bridgehead atoms. The molecule has 0 spiro atoms. The molecule has 126 valence electrons. The summed E-state index contributed by atoms with van der Waals surface area (Å²) in [5, 5.41) is 13.2. The molecule has 1 N–H and O–H groups in total. The average molecular weight is 321 g/mol. The largest absolute Gasteiger partial charge is 0.481 e. The summed E-state index contributed by atoms with van der Waals surface area (Å²) in [5.41, 5.74) is -0.824. The third-order valence-electron chi connectivity index (χ3n) is 5.10. The molecule has 0 aromatic carbocycles. The second-order valence-corrected chi connectivity index (χ2v) is 6.96. The highest BCUT2D eigenvalue weighted by atomic mass is 16.5. The minimum Gasteiger partial charge on any atom is -0.481 e. The number of carboxylic acid groups (broad SMARTS) is 1. The topological polar surface area (TPSA) is 96.5 Å². The Morgan fingerprint density at radius 3 is 2.78 bits per heavy atom. The molecule has 1 saturated heterocycles. The highest BCUT2D eigenvalue weighted by Gasteiger charge is 2.41. The summed E-state index contributed by atoms with van der Waals surface area (Å²) in [6, 6.07) is 0. The fourth-order valence-corrected chi connectivity index (χ4v) is 3.44. The summed E-state index contributed by atoms with van der Waals surface area (Å²) in [4.78, 5) is 29.5. The van der Waals surface area contributed by atoms with Crippen LogP contribution in [0.25, 0.3) is 0 Å². The first-order chi connectivity index (χ1) is 11.0. The number of amides is 1. The fraction of sp³-hybridized carbons (Fsp3) is 0.750. The van der Waals surface area contributed by atoms with Crippen molar-refractivity contribution < 1.29 is 19.2 Å². The van der Waals surface area contributed by atoms with E-state index in [1.807, 2.05) is 0 Å². The second-order valence-electron chi connectivity index (χ2n) is 6.96. The van der Waals surface area contributed by atoms with Crippen LogP contribution in [0, 0.1) is 5.41 Å². The Kier molecular flexibility index (Phi) is 4.37. The average Bonchev–Trinajstić information content (AvgIpc) is 3.25. The van der Waals surface area contributed by atoms with Gasteiger partial charge in [-0.05, 0) is 26.2 Å². The van der Waals surface area contributed by atoms with Crippen molar-refractivity contribution in [3.05, 3.63) is 11.7 Å². The van der Waals surface area contributed by atoms with Gasteiger partial charge in [0.2, 0.25) is 11.8 Å². The van der Waals surface area contributed by atoms with Crippen LogP contribution in [0.2, 0.25) is 0 Å². The summed E-state index contributed by atoms with van der Waals surface area (Å²) in [7, 11) is 0. The Hall–Kier alpha value is -1.92. The summed E-state index contributed by atoms with van der Waals surface area (Å²) in [6.07, 6.45) is 5.84. The van der Waals surface area contributed by atoms with Gasteiger partial charge in [-0.3, -0.25) is 9.59 Å². The number of aromatic nitrogens is 2. The molecule has 7 nitrogen and oxygen atoms in total. The van der Waals surface area contributed by atoms with Gasteiger partial charge in [0.15, 0.2) is 5.82 Å². The number of aryl methyl sites for hydroxylation is 1. The summed E-state index contributed by atoms with van der Waals surface area (Å²) in [5.74, 6) is 0.782. The van der Waals surface area contributed by atoms with Crippen LogP contribution in [0.1, 0.15) is 63.1 Å². The van der Waals surface area contributed by atoms with Crippen molar-refractivity contribution in [1.29, 1.82) is 0 Å². The Morgan fingerprint density at radius 2 is 2.13 bits per heavy atom. The normalized spacial score (nSPS) is 25.2. The lowest BCUT2D eigenvalue weighted by Gasteiger charge is -2.19. The molecule has 7 heteroatoms. The second kappa shape index (κ2) is 6.29. The third kappa shape index (κ3) is 3.38. The lowest BCUT2D eigenvalue weighted by Crippen LogP contribution is -2.34. The van der Waals surface area contributed by atoms with Crippen LogP contribution >= 0.6 is 0 Å². The molecule has 1 atom stereocenters. The zero-order valence-corrected chi connectivity index (χ0v) is 13.5. The van der Waals surface area contributed by atoms with Crippen LogP contribution < -0.4 is 0 Å². The van der Waals surface area contributed by atoms with Gasteiger partial charge in [0.05, 0.1) is 5.41 Å². The zero-order valence-electron chi connectivity index (χ0n) is 13.5. The summed E-state index contributed by atoms with van der Waals surface area (Å²) in [6.45, 7) is 2.46. The molecule has 0 unspecified atom stereocenters. The lowest BCUT2D eigenvalue weighted by molar-refractivity contribution is -0.147. The first-order valence-corrected chi connectivity index (χ1v) is 8.31. The van der Waals surface area contributed by atoms with Crippen LogP contribution in [-0.2, 0) is 16.0 Å². The molecule has 1 aromatic rings. The van der Waals surface area contributed by atoms with E-state index in [0.29, 0.717) is 31.2 Å². The van der Waals surface area contributed by atoms with Gasteiger partial charge in [0.1, 0.15) is 0 Å². The van der Waals surface area contributed by atoms with Crippen LogP contribution in [0.5, 0.6) is 0 Å². The third-order valence-corrected chi connectivity index (χ3v) is 5.10. The molecule has 1 amide bonds. The summed E-state index contributed by atoms with van der Waals surface area (Å²) >= 11 is 0. The Balaban J connectivity index is 1.50. The van der Waals surface area contributed by atoms with Gasteiger partial charge >= 0.3 is 5.97 Å². The van der Waals surface area contributed by atoms with Gasteiger partial charge in [-0.1, -0.05) is 18.0 Å². The molecule has 2 heterocycles. The Labute approximate surface area is 135 Å². The van der Waals surface area contributed by atoms with Gasteiger partial charge in [-0.15, -0.1) is 0 Å². The van der Waals surface area contributed by atoms with Gasteiger partial charge in [-0.25, -0.2) is 0 Å². The van der Waals surface area contributed by atoms with Gasteiger partial charge in [0.25, 0.3) is 0 Å². The van der Waals surface area contributed by atoms with E-state index in [9.17, 15) is 14.7 Å². The maximum atomic E-state index is 12.2. The number of carboxylic acids is 1. The molecule has 1 aliphatic carbocycles. The quantitative estimate of drug-likeness (QED) is 0.890. The standard InChI is InChI=1S/C16H23N3O4/c1-16(15(21)22)8-9-19(10-16)13(20)7-6-12-17-14(18-23-12)11-4-2-3-5-11/h11H,2-10H2,1H3,(H,21,22)/t16-/m1/s1. The fourth-order valence-electron chi connectivity index (χ4n) is 3.44. The molecule has 1 aromatic heterocycles. The molecular formula is C16H23N3O4. The van der Waals surface area contributed by atoms with Gasteiger partial charge < -0.3 is 14.5 Å². The van der Waals surface area contributed by atoms with E-state index in [1.165, 1.54) is 12.8 Å². The molecule has 23 heavy (non-hydrogen) atoms. The number of rotatable bonds is 5. The molecule has 0 radical (unpaired) electrons. The Bertz CT molecular complexity index is 594. The van der Waals surface area contributed by atoms with E-state index in [0.717, 1.165) is 18.7 Å². The first kappa shape index (κ1) is 16.0. The lowest BCUT2D eigenvalue weighted by atomic mass is 9.90. The number of carbonyl (C=O) groups excluding carboxylic acids is 1. The van der Waals surface area contributed by atoms with Gasteiger partial charge in [0, 0.05) is 31.8 Å². The number of nitrogens with zero attached hydrogens (tertiary/aromatic N) is 3. The van der Waals surface area contributed by atoms with Crippen molar-refractivity contribution in [2.24, 2.45) is 5.41 Å². The monoisotopic (exact) mass is 321 g/mol. The molecule has 3 rings (SSSR count). The van der Waals surface area contributed by atoms with Crippen LogP contribution in [0.3, 0.4) is 0 Å². The number of aliphatic carboxylic acids is 1. The molecule has 1 aliphatic heterocycles. The molecule has 2 fully saturated rings. The minimum atomic E-state index is -0.842. The number of carbonyl (C=O) groups is 2.